The maximum absolute atomic E-state index is 12.8. The largest absolute Gasteiger partial charge is 0.323 e. The summed E-state index contributed by atoms with van der Waals surface area (Å²) in [5.41, 5.74) is 7.18. The topological polar surface area (TPSA) is 29.3 Å². The van der Waals surface area contributed by atoms with E-state index in [0.717, 1.165) is 12.1 Å². The lowest BCUT2D eigenvalue weighted by atomic mass is 10.00. The van der Waals surface area contributed by atoms with Crippen LogP contribution in [0.15, 0.2) is 24.3 Å². The van der Waals surface area contributed by atoms with Gasteiger partial charge in [0.1, 0.15) is 5.82 Å². The van der Waals surface area contributed by atoms with E-state index in [4.69, 9.17) is 5.73 Å². The number of nitrogens with two attached hydrogens (primary N) is 1. The minimum Gasteiger partial charge on any atom is -0.323 e. The minimum absolute atomic E-state index is 0.0839. The second kappa shape index (κ2) is 6.12. The summed E-state index contributed by atoms with van der Waals surface area (Å²) in [5, 5.41) is 0. The van der Waals surface area contributed by atoms with Crippen LogP contribution in [0.3, 0.4) is 0 Å². The number of halogens is 1. The second-order valence-electron chi connectivity index (χ2n) is 5.15. The molecule has 0 spiro atoms. The number of nitrogens with zero attached hydrogens (tertiary/aromatic N) is 1. The van der Waals surface area contributed by atoms with E-state index < -0.39 is 0 Å². The number of hydrogen-bond acceptors (Lipinski definition) is 2. The Hall–Kier alpha value is -0.930. The molecule has 2 unspecified atom stereocenters. The molecule has 0 heterocycles. The Morgan fingerprint density at radius 1 is 1.18 bits per heavy atom. The van der Waals surface area contributed by atoms with Gasteiger partial charge in [0, 0.05) is 18.6 Å². The Kier molecular flexibility index (Phi) is 5.09. The molecule has 0 aliphatic carbocycles. The van der Waals surface area contributed by atoms with Crippen molar-refractivity contribution in [1.29, 1.82) is 0 Å². The Balaban J connectivity index is 2.68. The molecular formula is C14H23FN2. The van der Waals surface area contributed by atoms with Gasteiger partial charge in [0.2, 0.25) is 0 Å². The molecule has 0 aliphatic rings. The summed E-state index contributed by atoms with van der Waals surface area (Å²) in [6.07, 6.45) is 0. The second-order valence-corrected chi connectivity index (χ2v) is 5.15. The fraction of sp³-hybridized carbons (Fsp3) is 0.571. The third-order valence-electron chi connectivity index (χ3n) is 3.12. The molecule has 1 aromatic carbocycles. The summed E-state index contributed by atoms with van der Waals surface area (Å²) in [5.74, 6) is 0.395. The molecule has 3 heteroatoms. The Labute approximate surface area is 104 Å². The molecule has 2 nitrogen and oxygen atoms in total. The van der Waals surface area contributed by atoms with E-state index in [2.05, 4.69) is 32.7 Å². The van der Waals surface area contributed by atoms with Crippen LogP contribution in [0.25, 0.3) is 0 Å². The average molecular weight is 238 g/mol. The first-order valence-electron chi connectivity index (χ1n) is 6.13. The maximum Gasteiger partial charge on any atom is 0.123 e. The van der Waals surface area contributed by atoms with E-state index in [1.165, 1.54) is 12.1 Å². The summed E-state index contributed by atoms with van der Waals surface area (Å²) in [6.45, 7) is 7.49. The Bertz CT molecular complexity index is 335. The SMILES string of the molecule is CC(C)CN(C)C(C)C(N)c1ccc(F)cc1. The quantitative estimate of drug-likeness (QED) is 0.854. The summed E-state index contributed by atoms with van der Waals surface area (Å²) >= 11 is 0. The van der Waals surface area contributed by atoms with Crippen LogP contribution in [0, 0.1) is 11.7 Å². The summed E-state index contributed by atoms with van der Waals surface area (Å²) in [4.78, 5) is 2.25. The van der Waals surface area contributed by atoms with Gasteiger partial charge >= 0.3 is 0 Å². The van der Waals surface area contributed by atoms with Crippen LogP contribution < -0.4 is 5.73 Å². The van der Waals surface area contributed by atoms with Gasteiger partial charge in [-0.25, -0.2) is 4.39 Å². The van der Waals surface area contributed by atoms with Crippen molar-refractivity contribution in [2.45, 2.75) is 32.9 Å². The molecule has 0 aromatic heterocycles. The van der Waals surface area contributed by atoms with Crippen molar-refractivity contribution in [2.75, 3.05) is 13.6 Å². The van der Waals surface area contributed by atoms with Crippen molar-refractivity contribution in [3.05, 3.63) is 35.6 Å². The van der Waals surface area contributed by atoms with Crippen molar-refractivity contribution in [3.8, 4) is 0 Å². The van der Waals surface area contributed by atoms with Crippen molar-refractivity contribution >= 4 is 0 Å². The number of benzene rings is 1. The third-order valence-corrected chi connectivity index (χ3v) is 3.12. The molecule has 17 heavy (non-hydrogen) atoms. The molecular weight excluding hydrogens is 215 g/mol. The number of rotatable bonds is 5. The highest BCUT2D eigenvalue weighted by Crippen LogP contribution is 2.18. The van der Waals surface area contributed by atoms with Crippen LogP contribution in [-0.4, -0.2) is 24.5 Å². The van der Waals surface area contributed by atoms with Gasteiger partial charge in [-0.2, -0.15) is 0 Å². The lowest BCUT2D eigenvalue weighted by Gasteiger charge is -2.31. The van der Waals surface area contributed by atoms with Crippen LogP contribution in [0.5, 0.6) is 0 Å². The van der Waals surface area contributed by atoms with E-state index in [0.29, 0.717) is 5.92 Å². The molecule has 0 aliphatic heterocycles. The molecule has 0 bridgehead atoms. The highest BCUT2D eigenvalue weighted by Gasteiger charge is 2.19. The average Bonchev–Trinajstić information content (AvgIpc) is 2.27. The normalized spacial score (nSPS) is 15.3. The molecule has 2 atom stereocenters. The molecule has 0 fully saturated rings. The highest BCUT2D eigenvalue weighted by molar-refractivity contribution is 5.20. The summed E-state index contributed by atoms with van der Waals surface area (Å²) in [6, 6.07) is 6.61. The van der Waals surface area contributed by atoms with Crippen LogP contribution in [0.4, 0.5) is 4.39 Å². The standard InChI is InChI=1S/C14H23FN2/c1-10(2)9-17(4)11(3)14(16)12-5-7-13(15)8-6-12/h5-8,10-11,14H,9,16H2,1-4H3. The first kappa shape index (κ1) is 14.1. The van der Waals surface area contributed by atoms with Crippen molar-refractivity contribution in [2.24, 2.45) is 11.7 Å². The molecule has 0 radical (unpaired) electrons. The van der Waals surface area contributed by atoms with E-state index in [1.54, 1.807) is 12.1 Å². The number of likely N-dealkylation sites (N-methyl/N-ethyl adjacent to an activating group) is 1. The Morgan fingerprint density at radius 2 is 1.71 bits per heavy atom. The molecule has 2 N–H and O–H groups in total. The van der Waals surface area contributed by atoms with E-state index in [1.807, 2.05) is 0 Å². The van der Waals surface area contributed by atoms with E-state index in [9.17, 15) is 4.39 Å². The van der Waals surface area contributed by atoms with Gasteiger partial charge in [-0.1, -0.05) is 26.0 Å². The Morgan fingerprint density at radius 3 is 2.18 bits per heavy atom. The van der Waals surface area contributed by atoms with Crippen molar-refractivity contribution < 1.29 is 4.39 Å². The van der Waals surface area contributed by atoms with Crippen molar-refractivity contribution in [3.63, 3.8) is 0 Å². The van der Waals surface area contributed by atoms with Crippen LogP contribution in [0.2, 0.25) is 0 Å². The van der Waals surface area contributed by atoms with Gasteiger partial charge < -0.3 is 10.6 Å². The highest BCUT2D eigenvalue weighted by atomic mass is 19.1. The first-order chi connectivity index (χ1) is 7.91. The van der Waals surface area contributed by atoms with E-state index in [-0.39, 0.29) is 17.9 Å². The van der Waals surface area contributed by atoms with Crippen LogP contribution in [-0.2, 0) is 0 Å². The lowest BCUT2D eigenvalue weighted by molar-refractivity contribution is 0.204. The first-order valence-corrected chi connectivity index (χ1v) is 6.13. The lowest BCUT2D eigenvalue weighted by Crippen LogP contribution is -2.40. The van der Waals surface area contributed by atoms with Gasteiger partial charge in [0.05, 0.1) is 0 Å². The predicted molar refractivity (Wildman–Crippen MR) is 70.3 cm³/mol. The van der Waals surface area contributed by atoms with Crippen LogP contribution in [0.1, 0.15) is 32.4 Å². The van der Waals surface area contributed by atoms with Gasteiger partial charge in [-0.3, -0.25) is 0 Å². The zero-order valence-corrected chi connectivity index (χ0v) is 11.2. The minimum atomic E-state index is -0.218. The monoisotopic (exact) mass is 238 g/mol. The van der Waals surface area contributed by atoms with E-state index >= 15 is 0 Å². The van der Waals surface area contributed by atoms with Crippen molar-refractivity contribution in [1.82, 2.24) is 4.90 Å². The zero-order valence-electron chi connectivity index (χ0n) is 11.2. The van der Waals surface area contributed by atoms with Gasteiger partial charge in [-0.05, 0) is 37.6 Å². The number of hydrogen-bond donors (Lipinski definition) is 1. The van der Waals surface area contributed by atoms with Crippen LogP contribution >= 0.6 is 0 Å². The molecule has 0 saturated carbocycles. The third kappa shape index (κ3) is 4.10. The maximum atomic E-state index is 12.8. The molecule has 0 saturated heterocycles. The molecule has 0 amide bonds. The molecule has 1 rings (SSSR count). The van der Waals surface area contributed by atoms with Gasteiger partial charge in [-0.15, -0.1) is 0 Å². The molecule has 96 valence electrons. The summed E-state index contributed by atoms with van der Waals surface area (Å²) < 4.78 is 12.8. The van der Waals surface area contributed by atoms with Gasteiger partial charge in [0.15, 0.2) is 0 Å². The molecule has 1 aromatic rings. The fourth-order valence-corrected chi connectivity index (χ4v) is 1.98. The predicted octanol–water partition coefficient (Wildman–Crippen LogP) is 2.80. The van der Waals surface area contributed by atoms with Gasteiger partial charge in [0.25, 0.3) is 0 Å². The smallest absolute Gasteiger partial charge is 0.123 e. The zero-order chi connectivity index (χ0) is 13.0. The summed E-state index contributed by atoms with van der Waals surface area (Å²) in [7, 11) is 2.08. The fourth-order valence-electron chi connectivity index (χ4n) is 1.98.